The lowest BCUT2D eigenvalue weighted by molar-refractivity contribution is 0.00194. The molecule has 1 fully saturated rings. The summed E-state index contributed by atoms with van der Waals surface area (Å²) in [6, 6.07) is 0. The third kappa shape index (κ3) is 3.82. The van der Waals surface area contributed by atoms with Gasteiger partial charge in [0, 0.05) is 18.5 Å². The Morgan fingerprint density at radius 3 is 2.06 bits per heavy atom. The zero-order chi connectivity index (χ0) is 13.1. The molecule has 100 valence electrons. The first kappa shape index (κ1) is 14.2. The predicted octanol–water partition coefficient (Wildman–Crippen LogP) is 2.94. The number of rotatable bonds is 2. The van der Waals surface area contributed by atoms with Gasteiger partial charge in [-0.05, 0) is 33.6 Å². The van der Waals surface area contributed by atoms with Crippen LogP contribution in [0.3, 0.4) is 0 Å². The second-order valence-electron chi connectivity index (χ2n) is 5.73. The number of halogens is 2. The number of carbonyl (C=O) groups excluding carboxylic acids is 1. The minimum atomic E-state index is -0.876. The topological polar surface area (TPSA) is 29.5 Å². The number of ether oxygens (including phenoxy) is 1. The standard InChI is InChI=1S/C12H21F2NO2/c1-11(2,3)17-10(16)15-6-4-12(8-13,9-14)5-7-15/h4-9H2,1-3H3. The van der Waals surface area contributed by atoms with Gasteiger partial charge >= 0.3 is 6.09 Å². The molecule has 0 radical (unpaired) electrons. The molecule has 0 spiro atoms. The van der Waals surface area contributed by atoms with Crippen molar-refractivity contribution in [3.8, 4) is 0 Å². The molecule has 1 heterocycles. The molecule has 0 N–H and O–H groups in total. The highest BCUT2D eigenvalue weighted by molar-refractivity contribution is 5.68. The van der Waals surface area contributed by atoms with Crippen LogP contribution in [0.15, 0.2) is 0 Å². The van der Waals surface area contributed by atoms with Crippen molar-refractivity contribution in [3.63, 3.8) is 0 Å². The van der Waals surface area contributed by atoms with E-state index in [-0.39, 0.29) is 0 Å². The van der Waals surface area contributed by atoms with Gasteiger partial charge in [0.1, 0.15) is 5.60 Å². The molecule has 0 atom stereocenters. The van der Waals surface area contributed by atoms with Crippen molar-refractivity contribution in [1.82, 2.24) is 4.90 Å². The number of piperidine rings is 1. The highest BCUT2D eigenvalue weighted by Gasteiger charge is 2.37. The molecule has 0 aromatic heterocycles. The van der Waals surface area contributed by atoms with E-state index in [4.69, 9.17) is 4.74 Å². The minimum absolute atomic E-state index is 0.360. The van der Waals surface area contributed by atoms with Crippen LogP contribution in [0.1, 0.15) is 33.6 Å². The van der Waals surface area contributed by atoms with E-state index in [2.05, 4.69) is 0 Å². The molecule has 1 aliphatic heterocycles. The second-order valence-corrected chi connectivity index (χ2v) is 5.73. The van der Waals surface area contributed by atoms with E-state index in [0.29, 0.717) is 25.9 Å². The van der Waals surface area contributed by atoms with Gasteiger partial charge < -0.3 is 9.64 Å². The lowest BCUT2D eigenvalue weighted by Crippen LogP contribution is -2.46. The number of hydrogen-bond donors (Lipinski definition) is 0. The third-order valence-electron chi connectivity index (χ3n) is 3.04. The van der Waals surface area contributed by atoms with Crippen LogP contribution in [0.2, 0.25) is 0 Å². The van der Waals surface area contributed by atoms with E-state index < -0.39 is 30.5 Å². The van der Waals surface area contributed by atoms with Crippen LogP contribution in [0.25, 0.3) is 0 Å². The molecule has 1 aliphatic rings. The van der Waals surface area contributed by atoms with Gasteiger partial charge in [0.25, 0.3) is 0 Å². The van der Waals surface area contributed by atoms with Crippen molar-refractivity contribution >= 4 is 6.09 Å². The molecule has 0 aromatic carbocycles. The molecule has 0 aliphatic carbocycles. The molecule has 0 aromatic rings. The van der Waals surface area contributed by atoms with Gasteiger partial charge in [-0.15, -0.1) is 0 Å². The summed E-state index contributed by atoms with van der Waals surface area (Å²) in [5.41, 5.74) is -1.41. The predicted molar refractivity (Wildman–Crippen MR) is 61.4 cm³/mol. The molecule has 0 bridgehead atoms. The Hall–Kier alpha value is -0.870. The maximum atomic E-state index is 12.8. The first-order chi connectivity index (χ1) is 7.82. The summed E-state index contributed by atoms with van der Waals surface area (Å²) < 4.78 is 30.7. The average Bonchev–Trinajstić information content (AvgIpc) is 2.27. The molecule has 0 saturated carbocycles. The van der Waals surface area contributed by atoms with Crippen molar-refractivity contribution in [2.45, 2.75) is 39.2 Å². The Kier molecular flexibility index (Phi) is 4.33. The van der Waals surface area contributed by atoms with Gasteiger partial charge in [-0.3, -0.25) is 8.78 Å². The Balaban J connectivity index is 2.49. The fraction of sp³-hybridized carbons (Fsp3) is 0.917. The van der Waals surface area contributed by atoms with E-state index in [0.717, 1.165) is 0 Å². The largest absolute Gasteiger partial charge is 0.444 e. The van der Waals surface area contributed by atoms with Crippen molar-refractivity contribution in [2.75, 3.05) is 26.4 Å². The van der Waals surface area contributed by atoms with Crippen LogP contribution in [-0.4, -0.2) is 43.0 Å². The molecule has 1 amide bonds. The van der Waals surface area contributed by atoms with Gasteiger partial charge in [0.15, 0.2) is 0 Å². The van der Waals surface area contributed by atoms with E-state index in [1.54, 1.807) is 20.8 Å². The van der Waals surface area contributed by atoms with Crippen molar-refractivity contribution < 1.29 is 18.3 Å². The van der Waals surface area contributed by atoms with E-state index in [9.17, 15) is 13.6 Å². The summed E-state index contributed by atoms with van der Waals surface area (Å²) in [4.78, 5) is 13.2. The summed E-state index contributed by atoms with van der Waals surface area (Å²) in [5, 5.41) is 0. The van der Waals surface area contributed by atoms with Crippen LogP contribution < -0.4 is 0 Å². The molecule has 3 nitrogen and oxygen atoms in total. The molecular weight excluding hydrogens is 228 g/mol. The highest BCUT2D eigenvalue weighted by Crippen LogP contribution is 2.33. The first-order valence-electron chi connectivity index (χ1n) is 5.92. The van der Waals surface area contributed by atoms with Crippen molar-refractivity contribution in [1.29, 1.82) is 0 Å². The summed E-state index contributed by atoms with van der Waals surface area (Å²) >= 11 is 0. The Bertz CT molecular complexity index is 262. The van der Waals surface area contributed by atoms with Crippen molar-refractivity contribution in [2.24, 2.45) is 5.41 Å². The molecule has 5 heteroatoms. The Morgan fingerprint density at radius 2 is 1.71 bits per heavy atom. The number of likely N-dealkylation sites (tertiary alicyclic amines) is 1. The van der Waals surface area contributed by atoms with Gasteiger partial charge in [-0.1, -0.05) is 0 Å². The van der Waals surface area contributed by atoms with Crippen molar-refractivity contribution in [3.05, 3.63) is 0 Å². The average molecular weight is 249 g/mol. The van der Waals surface area contributed by atoms with E-state index in [1.807, 2.05) is 0 Å². The second kappa shape index (κ2) is 5.19. The van der Waals surface area contributed by atoms with Crippen LogP contribution in [0.5, 0.6) is 0 Å². The molecular formula is C12H21F2NO2. The van der Waals surface area contributed by atoms with Crippen LogP contribution in [-0.2, 0) is 4.74 Å². The quantitative estimate of drug-likeness (QED) is 0.753. The maximum Gasteiger partial charge on any atom is 0.410 e. The first-order valence-corrected chi connectivity index (χ1v) is 5.92. The fourth-order valence-electron chi connectivity index (χ4n) is 1.79. The number of amides is 1. The van der Waals surface area contributed by atoms with Gasteiger partial charge in [0.05, 0.1) is 13.3 Å². The van der Waals surface area contributed by atoms with Crippen LogP contribution in [0, 0.1) is 5.41 Å². The molecule has 1 rings (SSSR count). The molecule has 17 heavy (non-hydrogen) atoms. The zero-order valence-corrected chi connectivity index (χ0v) is 10.8. The lowest BCUT2D eigenvalue weighted by atomic mass is 9.81. The number of nitrogens with zero attached hydrogens (tertiary/aromatic N) is 1. The van der Waals surface area contributed by atoms with Gasteiger partial charge in [-0.2, -0.15) is 0 Å². The summed E-state index contributed by atoms with van der Waals surface area (Å²) in [6.07, 6.45) is 0.321. The fourth-order valence-corrected chi connectivity index (χ4v) is 1.79. The molecule has 1 saturated heterocycles. The zero-order valence-electron chi connectivity index (χ0n) is 10.8. The van der Waals surface area contributed by atoms with Gasteiger partial charge in [-0.25, -0.2) is 4.79 Å². The summed E-state index contributed by atoms with van der Waals surface area (Å²) in [7, 11) is 0. The normalized spacial score (nSPS) is 20.2. The van der Waals surface area contributed by atoms with Crippen LogP contribution >= 0.6 is 0 Å². The lowest BCUT2D eigenvalue weighted by Gasteiger charge is -2.38. The smallest absolute Gasteiger partial charge is 0.410 e. The monoisotopic (exact) mass is 249 g/mol. The highest BCUT2D eigenvalue weighted by atomic mass is 19.1. The third-order valence-corrected chi connectivity index (χ3v) is 3.04. The SMILES string of the molecule is CC(C)(C)OC(=O)N1CCC(CF)(CF)CC1. The number of carbonyl (C=O) groups is 1. The van der Waals surface area contributed by atoms with E-state index >= 15 is 0 Å². The number of hydrogen-bond acceptors (Lipinski definition) is 2. The molecule has 0 unspecified atom stereocenters. The van der Waals surface area contributed by atoms with E-state index in [1.165, 1.54) is 4.90 Å². The maximum absolute atomic E-state index is 12.8. The minimum Gasteiger partial charge on any atom is -0.444 e. The van der Waals surface area contributed by atoms with Crippen LogP contribution in [0.4, 0.5) is 13.6 Å². The summed E-state index contributed by atoms with van der Waals surface area (Å²) in [5.74, 6) is 0. The Morgan fingerprint density at radius 1 is 1.24 bits per heavy atom. The summed E-state index contributed by atoms with van der Waals surface area (Å²) in [6.45, 7) is 4.79. The van der Waals surface area contributed by atoms with Gasteiger partial charge in [0.2, 0.25) is 0 Å². The Labute approximate surface area is 101 Å². The number of alkyl halides is 2.